The first-order valence-electron chi connectivity index (χ1n) is 8.16. The molecule has 7 heteroatoms. The molecule has 0 aromatic rings. The molecule has 0 aliphatic carbocycles. The summed E-state index contributed by atoms with van der Waals surface area (Å²) in [6.45, 7) is 4.05. The summed E-state index contributed by atoms with van der Waals surface area (Å²) < 4.78 is 21.7. The van der Waals surface area contributed by atoms with E-state index in [4.69, 9.17) is 23.1 Å². The van der Waals surface area contributed by atoms with Crippen molar-refractivity contribution >= 4 is 22.5 Å². The first-order chi connectivity index (χ1) is 10.4. The fraction of sp³-hybridized carbons (Fsp3) is 0.933. The lowest BCUT2D eigenvalue weighted by Crippen LogP contribution is -2.45. The Morgan fingerprint density at radius 1 is 0.727 bits per heavy atom. The van der Waals surface area contributed by atoms with E-state index in [1.54, 1.807) is 28.4 Å². The van der Waals surface area contributed by atoms with Crippen LogP contribution in [0.5, 0.6) is 0 Å². The normalized spacial score (nSPS) is 12.6. The summed E-state index contributed by atoms with van der Waals surface area (Å²) in [5, 5.41) is 8.74. The molecule has 0 aromatic carbocycles. The van der Waals surface area contributed by atoms with Crippen LogP contribution in [0.25, 0.3) is 0 Å². The summed E-state index contributed by atoms with van der Waals surface area (Å²) in [4.78, 5) is 0. The summed E-state index contributed by atoms with van der Waals surface area (Å²) >= 11 is 0. The molecular formula is C15H35NO4Si2. The van der Waals surface area contributed by atoms with Gasteiger partial charge in [0.25, 0.3) is 0 Å². The molecular weight excluding hydrogens is 314 g/mol. The number of hydrogen-bond acceptors (Lipinski definition) is 5. The van der Waals surface area contributed by atoms with Gasteiger partial charge >= 0.3 is 17.1 Å². The molecule has 0 aliphatic rings. The van der Waals surface area contributed by atoms with Gasteiger partial charge in [-0.1, -0.05) is 32.1 Å². The second kappa shape index (κ2) is 11.5. The van der Waals surface area contributed by atoms with E-state index in [0.717, 1.165) is 18.9 Å². The lowest BCUT2D eigenvalue weighted by Gasteiger charge is -2.23. The van der Waals surface area contributed by atoms with Crippen molar-refractivity contribution in [3.63, 3.8) is 0 Å². The van der Waals surface area contributed by atoms with Gasteiger partial charge in [-0.05, 0) is 32.0 Å². The van der Waals surface area contributed by atoms with E-state index in [-0.39, 0.29) is 0 Å². The molecule has 0 bridgehead atoms. The molecule has 1 N–H and O–H groups in total. The first-order valence-corrected chi connectivity index (χ1v) is 13.0. The van der Waals surface area contributed by atoms with Crippen LogP contribution < -0.4 is 0 Å². The fourth-order valence-electron chi connectivity index (χ4n) is 2.30. The van der Waals surface area contributed by atoms with E-state index in [1.807, 2.05) is 6.55 Å². The average molecular weight is 350 g/mol. The van der Waals surface area contributed by atoms with Crippen LogP contribution in [0.1, 0.15) is 44.9 Å². The molecule has 0 atom stereocenters. The molecule has 5 nitrogen and oxygen atoms in total. The van der Waals surface area contributed by atoms with Gasteiger partial charge in [0, 0.05) is 28.4 Å². The maximum absolute atomic E-state index is 8.09. The summed E-state index contributed by atoms with van der Waals surface area (Å²) in [5.41, 5.74) is 0. The fourth-order valence-corrected chi connectivity index (χ4v) is 5.06. The maximum atomic E-state index is 8.09. The van der Waals surface area contributed by atoms with Crippen molar-refractivity contribution in [2.24, 2.45) is 0 Å². The lowest BCUT2D eigenvalue weighted by molar-refractivity contribution is 0.248. The molecule has 0 heterocycles. The summed E-state index contributed by atoms with van der Waals surface area (Å²) in [5.74, 6) is 0. The molecule has 22 heavy (non-hydrogen) atoms. The van der Waals surface area contributed by atoms with E-state index in [0.29, 0.717) is 5.33 Å². The molecule has 0 rings (SSSR count). The van der Waals surface area contributed by atoms with Crippen LogP contribution >= 0.6 is 0 Å². The smallest absolute Gasteiger partial charge is 0.382 e. The summed E-state index contributed by atoms with van der Waals surface area (Å²) in [7, 11) is 2.56. The number of rotatable bonds is 14. The predicted octanol–water partition coefficient (Wildman–Crippen LogP) is 4.01. The van der Waals surface area contributed by atoms with Gasteiger partial charge in [-0.15, -0.1) is 0 Å². The van der Waals surface area contributed by atoms with Gasteiger partial charge in [0.1, 0.15) is 0 Å². The topological polar surface area (TPSA) is 60.8 Å². The minimum absolute atomic E-state index is 0.652. The zero-order valence-electron chi connectivity index (χ0n) is 15.3. The SMILES string of the molecule is CO[Si](C)(CCCCCCCCC(=N)[Si](C)(OC)OC)OC. The van der Waals surface area contributed by atoms with Gasteiger partial charge in [-0.25, -0.2) is 0 Å². The third-order valence-electron chi connectivity index (χ3n) is 4.50. The molecule has 0 spiro atoms. The van der Waals surface area contributed by atoms with Crippen LogP contribution in [0.2, 0.25) is 19.1 Å². The summed E-state index contributed by atoms with van der Waals surface area (Å²) in [6, 6.07) is 1.07. The number of unbranched alkanes of at least 4 members (excludes halogenated alkanes) is 5. The minimum Gasteiger partial charge on any atom is -0.398 e. The Hall–Kier alpha value is -0.0562. The second-order valence-corrected chi connectivity index (χ2v) is 12.9. The molecule has 132 valence electrons. The third-order valence-corrected chi connectivity index (χ3v) is 10.4. The lowest BCUT2D eigenvalue weighted by atomic mass is 10.1. The Balaban J connectivity index is 3.65. The Labute approximate surface area is 138 Å². The zero-order chi connectivity index (χ0) is 17.1. The Morgan fingerprint density at radius 3 is 1.64 bits per heavy atom. The summed E-state index contributed by atoms with van der Waals surface area (Å²) in [6.07, 6.45) is 7.90. The Bertz CT molecular complexity index is 308. The van der Waals surface area contributed by atoms with Crippen molar-refractivity contribution < 1.29 is 17.7 Å². The van der Waals surface area contributed by atoms with Crippen molar-refractivity contribution in [3.8, 4) is 0 Å². The largest absolute Gasteiger partial charge is 0.398 e. The molecule has 0 aromatic heterocycles. The van der Waals surface area contributed by atoms with Crippen molar-refractivity contribution in [3.05, 3.63) is 0 Å². The average Bonchev–Trinajstić information content (AvgIpc) is 2.55. The molecule has 0 radical (unpaired) electrons. The molecule has 0 aliphatic heterocycles. The third kappa shape index (κ3) is 7.98. The number of nitrogens with one attached hydrogen (secondary N) is 1. The predicted molar refractivity (Wildman–Crippen MR) is 96.1 cm³/mol. The maximum Gasteiger partial charge on any atom is 0.382 e. The van der Waals surface area contributed by atoms with Gasteiger partial charge in [0.05, 0.1) is 5.33 Å². The van der Waals surface area contributed by atoms with Crippen LogP contribution in [0.15, 0.2) is 0 Å². The van der Waals surface area contributed by atoms with Crippen molar-refractivity contribution in [1.82, 2.24) is 0 Å². The molecule has 0 unspecified atom stereocenters. The van der Waals surface area contributed by atoms with Gasteiger partial charge in [-0.3, -0.25) is 0 Å². The van der Waals surface area contributed by atoms with Gasteiger partial charge in [-0.2, -0.15) is 0 Å². The highest BCUT2D eigenvalue weighted by Crippen LogP contribution is 2.18. The van der Waals surface area contributed by atoms with Crippen LogP contribution in [0, 0.1) is 5.41 Å². The Kier molecular flexibility index (Phi) is 11.4. The highest BCUT2D eigenvalue weighted by molar-refractivity contribution is 6.96. The second-order valence-electron chi connectivity index (χ2n) is 6.00. The standard InChI is InChI=1S/C15H35NO4Si2/c1-17-21(5,18-2)14-12-10-8-7-9-11-13-15(16)22(6,19-3)20-4/h16H,7-14H2,1-6H3. The van der Waals surface area contributed by atoms with Gasteiger partial charge < -0.3 is 23.1 Å². The molecule has 0 saturated carbocycles. The zero-order valence-corrected chi connectivity index (χ0v) is 17.3. The van der Waals surface area contributed by atoms with Crippen molar-refractivity contribution in [2.45, 2.75) is 64.1 Å². The van der Waals surface area contributed by atoms with Gasteiger partial charge in [0.15, 0.2) is 0 Å². The van der Waals surface area contributed by atoms with Crippen LogP contribution in [-0.2, 0) is 17.7 Å². The van der Waals surface area contributed by atoms with Crippen molar-refractivity contribution in [1.29, 1.82) is 5.41 Å². The van der Waals surface area contributed by atoms with Crippen LogP contribution in [0.4, 0.5) is 0 Å². The highest BCUT2D eigenvalue weighted by Gasteiger charge is 2.34. The van der Waals surface area contributed by atoms with Crippen LogP contribution in [-0.4, -0.2) is 50.9 Å². The van der Waals surface area contributed by atoms with Crippen LogP contribution in [0.3, 0.4) is 0 Å². The quantitative estimate of drug-likeness (QED) is 0.292. The highest BCUT2D eigenvalue weighted by atomic mass is 28.4. The number of hydrogen-bond donors (Lipinski definition) is 1. The van der Waals surface area contributed by atoms with E-state index >= 15 is 0 Å². The molecule has 0 saturated heterocycles. The van der Waals surface area contributed by atoms with Gasteiger partial charge in [0.2, 0.25) is 0 Å². The van der Waals surface area contributed by atoms with E-state index < -0.39 is 17.1 Å². The molecule has 0 amide bonds. The van der Waals surface area contributed by atoms with Crippen molar-refractivity contribution in [2.75, 3.05) is 28.4 Å². The molecule has 0 fully saturated rings. The van der Waals surface area contributed by atoms with E-state index in [2.05, 4.69) is 6.55 Å². The first kappa shape index (κ1) is 21.9. The monoisotopic (exact) mass is 349 g/mol. The van der Waals surface area contributed by atoms with E-state index in [9.17, 15) is 0 Å². The Morgan fingerprint density at radius 2 is 1.18 bits per heavy atom. The van der Waals surface area contributed by atoms with E-state index in [1.165, 1.54) is 32.1 Å². The minimum atomic E-state index is -2.35.